The van der Waals surface area contributed by atoms with Gasteiger partial charge in [-0.15, -0.1) is 0 Å². The minimum absolute atomic E-state index is 0. The molecule has 7 heteroatoms. The van der Waals surface area contributed by atoms with Crippen molar-refractivity contribution in [3.63, 3.8) is 0 Å². The van der Waals surface area contributed by atoms with E-state index in [1.165, 1.54) is 0 Å². The van der Waals surface area contributed by atoms with Gasteiger partial charge in [-0.25, -0.2) is 0 Å². The molecule has 0 radical (unpaired) electrons. The van der Waals surface area contributed by atoms with Crippen molar-refractivity contribution in [2.75, 3.05) is 0 Å². The molecule has 0 aromatic heterocycles. The van der Waals surface area contributed by atoms with Crippen molar-refractivity contribution in [1.82, 2.24) is 12.3 Å². The molecule has 0 aliphatic heterocycles. The van der Waals surface area contributed by atoms with Crippen molar-refractivity contribution < 1.29 is 8.82 Å². The monoisotopic (exact) mass is 234 g/mol. The first-order valence-corrected chi connectivity index (χ1v) is 5.91. The van der Waals surface area contributed by atoms with Crippen LogP contribution in [0.4, 0.5) is 0 Å². The van der Waals surface area contributed by atoms with Gasteiger partial charge in [0.15, 0.2) is 0 Å². The molecule has 0 aromatic rings. The number of hydrogen-bond donors (Lipinski definition) is 2. The van der Waals surface area contributed by atoms with Crippen LogP contribution in [0.2, 0.25) is 0 Å². The topological polar surface area (TPSA) is 73.0 Å². The molecule has 0 rings (SSSR count). The molecule has 0 unspecified atom stereocenters. The van der Waals surface area contributed by atoms with E-state index in [-0.39, 0.29) is 12.3 Å². The maximum Gasteiger partial charge on any atom is -0.369 e. The van der Waals surface area contributed by atoms with E-state index in [1.54, 1.807) is 0 Å². The molecule has 7 heavy (non-hydrogen) atoms. The minimum Gasteiger partial charge on any atom is -0.369 e. The molecule has 0 saturated carbocycles. The van der Waals surface area contributed by atoms with Crippen LogP contribution in [0.1, 0.15) is 0 Å². The number of rotatable bonds is 0. The SMILES string of the molecule is [Cl][Ni-2]([Cl])([Cl])[Cl].[NH4+].[NH4+]. The summed E-state index contributed by atoms with van der Waals surface area (Å²) < 4.78 is 0. The van der Waals surface area contributed by atoms with Crippen LogP contribution in [0, 0.1) is 0 Å². The molecule has 0 spiro atoms. The zero-order chi connectivity index (χ0) is 4.50. The summed E-state index contributed by atoms with van der Waals surface area (Å²) in [6.45, 7) is 0. The molecule has 0 aromatic carbocycles. The standard InChI is InChI=1S/4ClH.2H3N.Ni/h4*1H;2*1H3;/q;;;;;;+2/p-2. The summed E-state index contributed by atoms with van der Waals surface area (Å²) in [6, 6.07) is 0. The second-order valence-corrected chi connectivity index (χ2v) is 10.1. The normalized spacial score (nSPS) is 10.9. The first-order chi connectivity index (χ1) is 2.00. The van der Waals surface area contributed by atoms with Gasteiger partial charge in [-0.3, -0.25) is 0 Å². The van der Waals surface area contributed by atoms with Gasteiger partial charge < -0.3 is 12.3 Å². The summed E-state index contributed by atoms with van der Waals surface area (Å²) in [6.07, 6.45) is 0. The van der Waals surface area contributed by atoms with E-state index in [9.17, 15) is 0 Å². The number of halogens is 4. The van der Waals surface area contributed by atoms with E-state index < -0.39 is 8.82 Å². The van der Waals surface area contributed by atoms with Crippen LogP contribution in [0.15, 0.2) is 0 Å². The molecule has 0 amide bonds. The molecule has 0 aliphatic rings. The molecule has 8 N–H and O–H groups in total. The van der Waals surface area contributed by atoms with E-state index in [0.717, 1.165) is 0 Å². The molecular weight excluding hydrogens is 229 g/mol. The van der Waals surface area contributed by atoms with Gasteiger partial charge in [0.25, 0.3) is 0 Å². The molecule has 2 nitrogen and oxygen atoms in total. The Morgan fingerprint density at radius 1 is 0.714 bits per heavy atom. The average molecular weight is 237 g/mol. The first-order valence-electron chi connectivity index (χ1n) is 0.478. The number of hydrogen-bond acceptors (Lipinski definition) is 0. The largest absolute Gasteiger partial charge is 0.369 e. The van der Waals surface area contributed by atoms with Crippen molar-refractivity contribution in [1.29, 1.82) is 0 Å². The van der Waals surface area contributed by atoms with Crippen molar-refractivity contribution in [2.45, 2.75) is 0 Å². The Bertz CT molecular complexity index is 25.2. The van der Waals surface area contributed by atoms with Crippen LogP contribution in [0.3, 0.4) is 0 Å². The second kappa shape index (κ2) is 5.71. The predicted octanol–water partition coefficient (Wildman–Crippen LogP) is 3.51. The number of quaternary nitrogens is 2. The third-order valence-electron chi connectivity index (χ3n) is 0. The van der Waals surface area contributed by atoms with Crippen LogP contribution < -0.4 is 12.3 Å². The van der Waals surface area contributed by atoms with Crippen molar-refractivity contribution in [3.05, 3.63) is 0 Å². The van der Waals surface area contributed by atoms with Crippen molar-refractivity contribution in [3.8, 4) is 0 Å². The second-order valence-electron chi connectivity index (χ2n) is 0.271. The Morgan fingerprint density at radius 3 is 0.714 bits per heavy atom. The van der Waals surface area contributed by atoms with Gasteiger partial charge in [-0.2, -0.15) is 0 Å². The average Bonchev–Trinajstić information content (AvgIpc) is 0.722. The summed E-state index contributed by atoms with van der Waals surface area (Å²) in [4.78, 5) is 0. The molecular formula is H8Cl4N2Ni. The third kappa shape index (κ3) is 95.0. The molecule has 0 saturated heterocycles. The van der Waals surface area contributed by atoms with Gasteiger partial charge in [0.2, 0.25) is 0 Å². The van der Waals surface area contributed by atoms with Gasteiger partial charge in [0, 0.05) is 0 Å². The smallest absolute Gasteiger partial charge is 0.369 e. The van der Waals surface area contributed by atoms with Crippen LogP contribution >= 0.6 is 40.8 Å². The van der Waals surface area contributed by atoms with E-state index >= 15 is 0 Å². The fraction of sp³-hybridized carbons (Fsp3) is 0. The molecule has 0 bridgehead atoms. The molecule has 0 atom stereocenters. The van der Waals surface area contributed by atoms with Crippen LogP contribution in [0.5, 0.6) is 0 Å². The van der Waals surface area contributed by atoms with Gasteiger partial charge in [-0.05, 0) is 0 Å². The summed E-state index contributed by atoms with van der Waals surface area (Å²) in [5, 5.41) is 0. The van der Waals surface area contributed by atoms with Gasteiger partial charge >= 0.3 is 49.6 Å². The molecule has 56 valence electrons. The van der Waals surface area contributed by atoms with Gasteiger partial charge in [-0.1, -0.05) is 0 Å². The zero-order valence-electron chi connectivity index (χ0n) is 3.83. The van der Waals surface area contributed by atoms with Crippen LogP contribution in [-0.4, -0.2) is 0 Å². The van der Waals surface area contributed by atoms with E-state index in [2.05, 4.69) is 0 Å². The van der Waals surface area contributed by atoms with Crippen molar-refractivity contribution in [2.24, 2.45) is 0 Å². The fourth-order valence-corrected chi connectivity index (χ4v) is 0. The summed E-state index contributed by atoms with van der Waals surface area (Å²) >= 11 is 0. The van der Waals surface area contributed by atoms with E-state index in [0.29, 0.717) is 0 Å². The third-order valence-corrected chi connectivity index (χ3v) is 0. The minimum atomic E-state index is -2.36. The molecule has 0 heterocycles. The maximum atomic E-state index is 4.92. The summed E-state index contributed by atoms with van der Waals surface area (Å²) in [7, 11) is 17.3. The van der Waals surface area contributed by atoms with Crippen LogP contribution in [-0.2, 0) is 8.82 Å². The summed E-state index contributed by atoms with van der Waals surface area (Å²) in [5.41, 5.74) is 0. The Morgan fingerprint density at radius 2 is 0.714 bits per heavy atom. The van der Waals surface area contributed by atoms with Gasteiger partial charge in [0.1, 0.15) is 0 Å². The van der Waals surface area contributed by atoms with E-state index in [4.69, 9.17) is 40.8 Å². The predicted molar refractivity (Wildman–Crippen MR) is 35.4 cm³/mol. The Balaban J connectivity index is -0.0000000800. The Kier molecular flexibility index (Phi) is 12.9. The Hall–Kier alpha value is 1.57. The first kappa shape index (κ1) is 15.8. The summed E-state index contributed by atoms with van der Waals surface area (Å²) in [5.74, 6) is 0. The quantitative estimate of drug-likeness (QED) is 0.604. The Labute approximate surface area is 61.8 Å². The fourth-order valence-electron chi connectivity index (χ4n) is 0. The van der Waals surface area contributed by atoms with Crippen LogP contribution in [0.25, 0.3) is 0 Å². The molecule has 0 fully saturated rings. The zero-order valence-corrected chi connectivity index (χ0v) is 7.84. The van der Waals surface area contributed by atoms with E-state index in [1.807, 2.05) is 0 Å². The molecule has 0 aliphatic carbocycles. The van der Waals surface area contributed by atoms with Crippen molar-refractivity contribution >= 4 is 40.8 Å². The van der Waals surface area contributed by atoms with Gasteiger partial charge in [0.05, 0.1) is 0 Å². The maximum absolute atomic E-state index is 4.92.